The lowest BCUT2D eigenvalue weighted by Gasteiger charge is -2.32. The number of aromatic nitrogens is 4. The monoisotopic (exact) mass is 548 g/mol. The number of dihydropyridines is 1. The van der Waals surface area contributed by atoms with Gasteiger partial charge in [-0.2, -0.15) is 4.31 Å². The zero-order valence-corrected chi connectivity index (χ0v) is 22.5. The molecule has 3 aliphatic rings. The minimum Gasteiger partial charge on any atom is -0.374 e. The molecule has 12 heteroatoms. The number of benzene rings is 1. The second-order valence-electron chi connectivity index (χ2n) is 10.1. The van der Waals surface area contributed by atoms with Crippen molar-refractivity contribution < 1.29 is 13.2 Å². The van der Waals surface area contributed by atoms with Crippen LogP contribution in [-0.4, -0.2) is 82.6 Å². The number of anilines is 1. The molecule has 1 saturated carbocycles. The fourth-order valence-corrected chi connectivity index (χ4v) is 6.96. The molecule has 0 bridgehead atoms. The fourth-order valence-electron chi connectivity index (χ4n) is 5.04. The number of hydrogen-bond donors (Lipinski definition) is 3. The molecule has 0 amide bonds. The Labute approximate surface area is 227 Å². The van der Waals surface area contributed by atoms with Gasteiger partial charge in [-0.3, -0.25) is 4.99 Å². The number of H-pyrrole nitrogens is 1. The summed E-state index contributed by atoms with van der Waals surface area (Å²) in [5, 5.41) is 3.16. The molecule has 0 spiro atoms. The van der Waals surface area contributed by atoms with Crippen molar-refractivity contribution in [2.24, 2.45) is 10.7 Å². The van der Waals surface area contributed by atoms with E-state index in [1.807, 2.05) is 42.5 Å². The Morgan fingerprint density at radius 1 is 1.13 bits per heavy atom. The van der Waals surface area contributed by atoms with Crippen molar-refractivity contribution in [1.29, 1.82) is 0 Å². The summed E-state index contributed by atoms with van der Waals surface area (Å²) < 4.78 is 32.7. The van der Waals surface area contributed by atoms with Crippen LogP contribution in [0.5, 0.6) is 0 Å². The van der Waals surface area contributed by atoms with Crippen LogP contribution >= 0.6 is 0 Å². The predicted molar refractivity (Wildman–Crippen MR) is 150 cm³/mol. The molecule has 6 rings (SSSR count). The molecule has 3 atom stereocenters. The summed E-state index contributed by atoms with van der Waals surface area (Å²) >= 11 is 0. The van der Waals surface area contributed by atoms with Crippen molar-refractivity contribution in [2.45, 2.75) is 49.2 Å². The fraction of sp³-hybridized carbons (Fsp3) is 0.407. The maximum absolute atomic E-state index is 12.8. The molecular weight excluding hydrogens is 516 g/mol. The van der Waals surface area contributed by atoms with Crippen molar-refractivity contribution in [3.63, 3.8) is 0 Å². The van der Waals surface area contributed by atoms with Gasteiger partial charge in [-0.15, -0.1) is 0 Å². The molecule has 3 aromatic rings. The topological polar surface area (TPSA) is 151 Å². The number of rotatable bonds is 8. The number of piperidine rings is 1. The van der Waals surface area contributed by atoms with Crippen LogP contribution in [0.1, 0.15) is 31.4 Å². The van der Waals surface area contributed by atoms with Gasteiger partial charge in [-0.25, -0.2) is 23.4 Å². The van der Waals surface area contributed by atoms with Gasteiger partial charge >= 0.3 is 0 Å². The van der Waals surface area contributed by atoms with Gasteiger partial charge in [-0.1, -0.05) is 30.3 Å². The number of nitrogens with zero attached hydrogens (tertiary/aromatic N) is 5. The average Bonchev–Trinajstić information content (AvgIpc) is 3.74. The number of allylic oxidation sites excluding steroid dienone is 1. The van der Waals surface area contributed by atoms with Crippen molar-refractivity contribution in [1.82, 2.24) is 24.2 Å². The Balaban J connectivity index is 1.31. The third kappa shape index (κ3) is 5.37. The Kier molecular flexibility index (Phi) is 7.02. The van der Waals surface area contributed by atoms with Gasteiger partial charge in [0.05, 0.1) is 22.3 Å². The van der Waals surface area contributed by atoms with E-state index in [-0.39, 0.29) is 17.4 Å². The molecule has 39 heavy (non-hydrogen) atoms. The van der Waals surface area contributed by atoms with E-state index in [2.05, 4.69) is 20.3 Å². The SMILES string of the molecule is COC1C=C(c2nc(-c3ccccc3)[nH]c2-c2ccnc(N[C@@H]3CCCN(S(=O)(=O)C4CC4)C3)n2)C=NC1N. The summed E-state index contributed by atoms with van der Waals surface area (Å²) in [7, 11) is -1.61. The highest BCUT2D eigenvalue weighted by atomic mass is 32.2. The second kappa shape index (κ2) is 10.6. The lowest BCUT2D eigenvalue weighted by atomic mass is 10.0. The lowest BCUT2D eigenvalue weighted by molar-refractivity contribution is 0.120. The van der Waals surface area contributed by atoms with Crippen LogP contribution < -0.4 is 11.1 Å². The minimum absolute atomic E-state index is 0.0687. The lowest BCUT2D eigenvalue weighted by Crippen LogP contribution is -2.46. The number of nitrogens with two attached hydrogens (primary N) is 1. The van der Waals surface area contributed by atoms with Crippen LogP contribution in [-0.2, 0) is 14.8 Å². The largest absolute Gasteiger partial charge is 0.374 e. The minimum atomic E-state index is -3.22. The zero-order valence-electron chi connectivity index (χ0n) is 21.7. The number of methoxy groups -OCH3 is 1. The number of nitrogens with one attached hydrogen (secondary N) is 2. The first kappa shape index (κ1) is 25.8. The Morgan fingerprint density at radius 3 is 2.72 bits per heavy atom. The highest BCUT2D eigenvalue weighted by Gasteiger charge is 2.41. The average molecular weight is 549 g/mol. The first-order valence-corrected chi connectivity index (χ1v) is 14.7. The molecule has 4 N–H and O–H groups in total. The number of ether oxygens (including phenoxy) is 1. The second-order valence-corrected chi connectivity index (χ2v) is 12.3. The van der Waals surface area contributed by atoms with Crippen LogP contribution in [0, 0.1) is 0 Å². The molecule has 4 heterocycles. The van der Waals surface area contributed by atoms with E-state index in [1.165, 1.54) is 0 Å². The number of hydrogen-bond acceptors (Lipinski definition) is 9. The quantitative estimate of drug-likeness (QED) is 0.389. The Morgan fingerprint density at radius 2 is 1.95 bits per heavy atom. The summed E-state index contributed by atoms with van der Waals surface area (Å²) in [6.45, 7) is 0.988. The van der Waals surface area contributed by atoms with Crippen molar-refractivity contribution in [2.75, 3.05) is 25.5 Å². The first-order chi connectivity index (χ1) is 18.9. The van der Waals surface area contributed by atoms with Gasteiger partial charge in [0.25, 0.3) is 0 Å². The third-order valence-electron chi connectivity index (χ3n) is 7.30. The van der Waals surface area contributed by atoms with E-state index in [0.29, 0.717) is 41.9 Å². The van der Waals surface area contributed by atoms with Crippen LogP contribution in [0.3, 0.4) is 0 Å². The highest BCUT2D eigenvalue weighted by Crippen LogP contribution is 2.33. The molecule has 11 nitrogen and oxygen atoms in total. The van der Waals surface area contributed by atoms with Crippen LogP contribution in [0.25, 0.3) is 28.3 Å². The Hall–Kier alpha value is -3.45. The van der Waals surface area contributed by atoms with E-state index >= 15 is 0 Å². The molecule has 2 aliphatic heterocycles. The van der Waals surface area contributed by atoms with Gasteiger partial charge in [0.15, 0.2) is 0 Å². The van der Waals surface area contributed by atoms with Crippen molar-refractivity contribution in [3.05, 3.63) is 54.4 Å². The van der Waals surface area contributed by atoms with Gasteiger partial charge in [0, 0.05) is 49.8 Å². The van der Waals surface area contributed by atoms with E-state index < -0.39 is 16.2 Å². The highest BCUT2D eigenvalue weighted by molar-refractivity contribution is 7.90. The number of imidazole rings is 1. The summed E-state index contributed by atoms with van der Waals surface area (Å²) in [4.78, 5) is 22.0. The molecule has 2 unspecified atom stereocenters. The predicted octanol–water partition coefficient (Wildman–Crippen LogP) is 2.67. The van der Waals surface area contributed by atoms with Crippen LogP contribution in [0.4, 0.5) is 5.95 Å². The normalized spacial score (nSPS) is 23.9. The molecule has 1 aromatic carbocycles. The van der Waals surface area contributed by atoms with Gasteiger partial charge < -0.3 is 20.8 Å². The van der Waals surface area contributed by atoms with Gasteiger partial charge in [-0.05, 0) is 37.8 Å². The molecule has 2 fully saturated rings. The van der Waals surface area contributed by atoms with Gasteiger partial charge in [0.2, 0.25) is 16.0 Å². The standard InChI is InChI=1S/C27H32N8O3S/c1-38-22-14-18(15-30-25(22)28)23-24(34-26(33-23)17-6-3-2-4-7-17)21-11-12-29-27(32-21)31-19-8-5-13-35(16-19)39(36,37)20-9-10-20/h2-4,6-7,11-12,14-15,19-20,22,25H,5,8-10,13,16,28H2,1H3,(H,33,34)(H,29,31,32)/t19-,22?,25?/m1/s1. The number of aliphatic imine (C=N–C) groups is 1. The zero-order chi connectivity index (χ0) is 27.0. The summed E-state index contributed by atoms with van der Waals surface area (Å²) in [6.07, 6.45) is 7.63. The smallest absolute Gasteiger partial charge is 0.223 e. The van der Waals surface area contributed by atoms with Crippen molar-refractivity contribution in [3.8, 4) is 22.8 Å². The maximum atomic E-state index is 12.8. The van der Waals surface area contributed by atoms with E-state index in [0.717, 1.165) is 36.8 Å². The van der Waals surface area contributed by atoms with Crippen molar-refractivity contribution >= 4 is 27.8 Å². The third-order valence-corrected chi connectivity index (χ3v) is 9.66. The summed E-state index contributed by atoms with van der Waals surface area (Å²) in [5.41, 5.74) is 9.82. The van der Waals surface area contributed by atoms with E-state index in [4.69, 9.17) is 20.4 Å². The van der Waals surface area contributed by atoms with E-state index in [1.54, 1.807) is 23.8 Å². The van der Waals surface area contributed by atoms with E-state index in [9.17, 15) is 8.42 Å². The molecular formula is C27H32N8O3S. The summed E-state index contributed by atoms with van der Waals surface area (Å²) in [5.74, 6) is 1.13. The molecule has 0 radical (unpaired) electrons. The molecule has 204 valence electrons. The summed E-state index contributed by atoms with van der Waals surface area (Å²) in [6, 6.07) is 11.6. The van der Waals surface area contributed by atoms with Gasteiger partial charge in [0.1, 0.15) is 18.1 Å². The molecule has 2 aromatic heterocycles. The Bertz CT molecular complexity index is 1500. The number of aromatic amines is 1. The molecule has 1 aliphatic carbocycles. The maximum Gasteiger partial charge on any atom is 0.223 e. The first-order valence-electron chi connectivity index (χ1n) is 13.2. The number of sulfonamides is 1. The van der Waals surface area contributed by atoms with Crippen LogP contribution in [0.2, 0.25) is 0 Å². The van der Waals surface area contributed by atoms with Crippen LogP contribution in [0.15, 0.2) is 53.7 Å². The molecule has 1 saturated heterocycles.